The van der Waals surface area contributed by atoms with E-state index in [2.05, 4.69) is 21.2 Å². The van der Waals surface area contributed by atoms with Crippen molar-refractivity contribution < 1.29 is 13.2 Å². The summed E-state index contributed by atoms with van der Waals surface area (Å²) in [4.78, 5) is 0. The van der Waals surface area contributed by atoms with Gasteiger partial charge in [0.15, 0.2) is 0 Å². The van der Waals surface area contributed by atoms with Gasteiger partial charge in [-0.1, -0.05) is 28.1 Å². The van der Waals surface area contributed by atoms with E-state index in [1.807, 2.05) is 6.07 Å². The van der Waals surface area contributed by atoms with Gasteiger partial charge < -0.3 is 5.32 Å². The van der Waals surface area contributed by atoms with Crippen LogP contribution in [0.4, 0.5) is 18.9 Å². The Hall–Kier alpha value is -2.00. The quantitative estimate of drug-likeness (QED) is 0.846. The van der Waals surface area contributed by atoms with E-state index in [1.165, 1.54) is 0 Å². The highest BCUT2D eigenvalue weighted by Crippen LogP contribution is 2.33. The van der Waals surface area contributed by atoms with Gasteiger partial charge in [-0.3, -0.25) is 0 Å². The van der Waals surface area contributed by atoms with E-state index in [4.69, 9.17) is 5.26 Å². The third-order valence-electron chi connectivity index (χ3n) is 2.78. The summed E-state index contributed by atoms with van der Waals surface area (Å²) >= 11 is 3.07. The minimum atomic E-state index is -4.39. The zero-order chi connectivity index (χ0) is 15.5. The summed E-state index contributed by atoms with van der Waals surface area (Å²) < 4.78 is 38.5. The summed E-state index contributed by atoms with van der Waals surface area (Å²) in [5.74, 6) is 0. The van der Waals surface area contributed by atoms with Crippen LogP contribution in [0.1, 0.15) is 16.7 Å². The summed E-state index contributed by atoms with van der Waals surface area (Å²) in [5.41, 5.74) is 0.978. The monoisotopic (exact) mass is 354 g/mol. The van der Waals surface area contributed by atoms with Crippen LogP contribution in [0.3, 0.4) is 0 Å². The van der Waals surface area contributed by atoms with Gasteiger partial charge in [-0.25, -0.2) is 0 Å². The molecule has 0 spiro atoms. The van der Waals surface area contributed by atoms with Crippen molar-refractivity contribution in [2.45, 2.75) is 12.7 Å². The maximum absolute atomic E-state index is 12.7. The van der Waals surface area contributed by atoms with Crippen LogP contribution in [0.5, 0.6) is 0 Å². The number of nitrogens with zero attached hydrogens (tertiary/aromatic N) is 1. The lowest BCUT2D eigenvalue weighted by atomic mass is 10.1. The normalized spacial score (nSPS) is 11.0. The van der Waals surface area contributed by atoms with Gasteiger partial charge in [0, 0.05) is 16.7 Å². The van der Waals surface area contributed by atoms with Crippen LogP contribution >= 0.6 is 15.9 Å². The molecule has 2 aromatic rings. The average Bonchev–Trinajstić information content (AvgIpc) is 2.44. The van der Waals surface area contributed by atoms with Crippen molar-refractivity contribution in [2.24, 2.45) is 0 Å². The van der Waals surface area contributed by atoms with Gasteiger partial charge in [-0.2, -0.15) is 18.4 Å². The minimum absolute atomic E-state index is 0.337. The summed E-state index contributed by atoms with van der Waals surface area (Å²) in [7, 11) is 0. The van der Waals surface area contributed by atoms with E-state index in [-0.39, 0.29) is 0 Å². The second-order valence-electron chi connectivity index (χ2n) is 4.39. The molecule has 0 bridgehead atoms. The maximum Gasteiger partial charge on any atom is 0.416 e. The Morgan fingerprint density at radius 2 is 1.90 bits per heavy atom. The number of nitriles is 1. The van der Waals surface area contributed by atoms with Crippen molar-refractivity contribution in [3.63, 3.8) is 0 Å². The molecule has 21 heavy (non-hydrogen) atoms. The molecule has 0 heterocycles. The van der Waals surface area contributed by atoms with Crippen LogP contribution in [0.15, 0.2) is 46.9 Å². The molecule has 0 aliphatic heterocycles. The summed E-state index contributed by atoms with van der Waals surface area (Å²) in [6, 6.07) is 12.6. The van der Waals surface area contributed by atoms with Gasteiger partial charge in [-0.05, 0) is 35.9 Å². The van der Waals surface area contributed by atoms with E-state index >= 15 is 0 Å². The van der Waals surface area contributed by atoms with Crippen LogP contribution in [0.25, 0.3) is 0 Å². The first-order valence-electron chi connectivity index (χ1n) is 5.99. The third-order valence-corrected chi connectivity index (χ3v) is 3.24. The molecule has 0 aromatic heterocycles. The van der Waals surface area contributed by atoms with E-state index in [1.54, 1.807) is 30.3 Å². The van der Waals surface area contributed by atoms with Crippen LogP contribution in [-0.4, -0.2) is 0 Å². The minimum Gasteiger partial charge on any atom is -0.381 e. The number of anilines is 1. The Bertz CT molecular complexity index is 690. The van der Waals surface area contributed by atoms with E-state index < -0.39 is 11.7 Å². The molecule has 0 aliphatic carbocycles. The number of rotatable bonds is 3. The molecule has 0 unspecified atom stereocenters. The van der Waals surface area contributed by atoms with Crippen LogP contribution in [0, 0.1) is 11.3 Å². The Kier molecular flexibility index (Phi) is 4.53. The molecule has 2 rings (SSSR count). The molecule has 1 N–H and O–H groups in total. The topological polar surface area (TPSA) is 35.8 Å². The van der Waals surface area contributed by atoms with Gasteiger partial charge in [0.25, 0.3) is 0 Å². The van der Waals surface area contributed by atoms with Crippen molar-refractivity contribution in [1.29, 1.82) is 5.26 Å². The lowest BCUT2D eigenvalue weighted by Crippen LogP contribution is -2.07. The fourth-order valence-corrected chi connectivity index (χ4v) is 2.30. The SMILES string of the molecule is N#Cc1cccc(CNc2cc(Br)cc(C(F)(F)F)c2)c1. The van der Waals surface area contributed by atoms with Gasteiger partial charge in [-0.15, -0.1) is 0 Å². The summed E-state index contributed by atoms with van der Waals surface area (Å²) in [6.45, 7) is 0.337. The molecular formula is C15H10BrF3N2. The average molecular weight is 355 g/mol. The molecule has 108 valence electrons. The molecular weight excluding hydrogens is 345 g/mol. The van der Waals surface area contributed by atoms with E-state index in [9.17, 15) is 13.2 Å². The molecule has 0 atom stereocenters. The van der Waals surface area contributed by atoms with Gasteiger partial charge in [0.1, 0.15) is 0 Å². The Morgan fingerprint density at radius 3 is 2.57 bits per heavy atom. The number of benzene rings is 2. The fourth-order valence-electron chi connectivity index (χ4n) is 1.81. The second-order valence-corrected chi connectivity index (χ2v) is 5.31. The first-order valence-corrected chi connectivity index (χ1v) is 6.78. The zero-order valence-electron chi connectivity index (χ0n) is 10.7. The van der Waals surface area contributed by atoms with E-state index in [0.717, 1.165) is 17.7 Å². The molecule has 0 aliphatic rings. The smallest absolute Gasteiger partial charge is 0.381 e. The summed E-state index contributed by atoms with van der Waals surface area (Å²) in [5, 5.41) is 11.7. The van der Waals surface area contributed by atoms with Crippen molar-refractivity contribution in [3.05, 3.63) is 63.6 Å². The molecule has 0 radical (unpaired) electrons. The molecule has 2 aromatic carbocycles. The molecule has 0 fully saturated rings. The summed E-state index contributed by atoms with van der Waals surface area (Å²) in [6.07, 6.45) is -4.39. The van der Waals surface area contributed by atoms with Crippen molar-refractivity contribution >= 4 is 21.6 Å². The van der Waals surface area contributed by atoms with Gasteiger partial charge >= 0.3 is 6.18 Å². The Labute approximate surface area is 128 Å². The number of hydrogen-bond donors (Lipinski definition) is 1. The fraction of sp³-hybridized carbons (Fsp3) is 0.133. The van der Waals surface area contributed by atoms with Crippen LogP contribution in [0.2, 0.25) is 0 Å². The maximum atomic E-state index is 12.7. The lowest BCUT2D eigenvalue weighted by Gasteiger charge is -2.12. The van der Waals surface area contributed by atoms with Gasteiger partial charge in [0.2, 0.25) is 0 Å². The highest BCUT2D eigenvalue weighted by atomic mass is 79.9. The number of alkyl halides is 3. The third kappa shape index (κ3) is 4.23. The lowest BCUT2D eigenvalue weighted by molar-refractivity contribution is -0.137. The molecule has 6 heteroatoms. The zero-order valence-corrected chi connectivity index (χ0v) is 12.3. The Balaban J connectivity index is 2.16. The molecule has 0 amide bonds. The second kappa shape index (κ2) is 6.19. The number of halogens is 4. The largest absolute Gasteiger partial charge is 0.416 e. The highest BCUT2D eigenvalue weighted by molar-refractivity contribution is 9.10. The predicted molar refractivity (Wildman–Crippen MR) is 77.6 cm³/mol. The van der Waals surface area contributed by atoms with Crippen molar-refractivity contribution in [3.8, 4) is 6.07 Å². The molecule has 0 saturated carbocycles. The van der Waals surface area contributed by atoms with E-state index in [0.29, 0.717) is 22.3 Å². The van der Waals surface area contributed by atoms with Gasteiger partial charge in [0.05, 0.1) is 17.2 Å². The number of nitrogens with one attached hydrogen (secondary N) is 1. The number of hydrogen-bond acceptors (Lipinski definition) is 2. The van der Waals surface area contributed by atoms with Crippen molar-refractivity contribution in [1.82, 2.24) is 0 Å². The van der Waals surface area contributed by atoms with Crippen LogP contribution < -0.4 is 5.32 Å². The predicted octanol–water partition coefficient (Wildman–Crippen LogP) is 4.95. The standard InChI is InChI=1S/C15H10BrF3N2/c16-13-5-12(15(17,18)19)6-14(7-13)21-9-11-3-1-2-10(4-11)8-20/h1-7,21H,9H2. The highest BCUT2D eigenvalue weighted by Gasteiger charge is 2.31. The first kappa shape index (κ1) is 15.4. The molecule has 2 nitrogen and oxygen atoms in total. The first-order chi connectivity index (χ1) is 9.88. The van der Waals surface area contributed by atoms with Crippen LogP contribution in [-0.2, 0) is 12.7 Å². The van der Waals surface area contributed by atoms with Crippen molar-refractivity contribution in [2.75, 3.05) is 5.32 Å². The Morgan fingerprint density at radius 1 is 1.14 bits per heavy atom. The molecule has 0 saturated heterocycles.